The van der Waals surface area contributed by atoms with Crippen LogP contribution >= 0.6 is 0 Å². The summed E-state index contributed by atoms with van der Waals surface area (Å²) in [5.74, 6) is 0.0918. The van der Waals surface area contributed by atoms with Crippen molar-refractivity contribution in [3.63, 3.8) is 0 Å². The van der Waals surface area contributed by atoms with E-state index in [4.69, 9.17) is 5.11 Å². The molecule has 0 unspecified atom stereocenters. The lowest BCUT2D eigenvalue weighted by Gasteiger charge is -2.12. The molecule has 0 heterocycles. The predicted octanol–water partition coefficient (Wildman–Crippen LogP) is 9.35. The van der Waals surface area contributed by atoms with Gasteiger partial charge in [0.2, 0.25) is 0 Å². The molecule has 0 spiro atoms. The van der Waals surface area contributed by atoms with Gasteiger partial charge in [-0.3, -0.25) is 9.59 Å². The van der Waals surface area contributed by atoms with Crippen LogP contribution in [-0.2, 0) is 0 Å². The highest BCUT2D eigenvalue weighted by atomic mass is 16.2. The fourth-order valence-corrected chi connectivity index (χ4v) is 4.89. The van der Waals surface area contributed by atoms with Gasteiger partial charge in [-0.2, -0.15) is 0 Å². The molecule has 1 N–H and O–H groups in total. The minimum atomic E-state index is 0.0459. The van der Waals surface area contributed by atoms with Crippen LogP contribution in [0.2, 0.25) is 0 Å². The molecule has 0 aliphatic rings. The highest BCUT2D eigenvalue weighted by Gasteiger charge is 2.16. The van der Waals surface area contributed by atoms with Crippen LogP contribution in [0.25, 0.3) is 22.3 Å². The lowest BCUT2D eigenvalue weighted by molar-refractivity contribution is 0.103. The molecule has 0 amide bonds. The Balaban J connectivity index is 0.00000116. The van der Waals surface area contributed by atoms with Crippen LogP contribution in [0.4, 0.5) is 0 Å². The van der Waals surface area contributed by atoms with Crippen molar-refractivity contribution in [3.8, 4) is 22.3 Å². The zero-order chi connectivity index (χ0) is 30.8. The van der Waals surface area contributed by atoms with E-state index in [2.05, 4.69) is 36.4 Å². The molecular formula is C39H40O3. The Hall–Kier alpha value is -4.60. The number of carbonyl (C=O) groups excluding carboxylic acids is 2. The topological polar surface area (TPSA) is 54.4 Å². The molecular weight excluding hydrogens is 516 g/mol. The Morgan fingerprint density at radius 1 is 0.405 bits per heavy atom. The highest BCUT2D eigenvalue weighted by molar-refractivity contribution is 6.12. The summed E-state index contributed by atoms with van der Waals surface area (Å²) < 4.78 is 0. The number of hydrogen-bond donors (Lipinski definition) is 1. The minimum absolute atomic E-state index is 0.0459. The van der Waals surface area contributed by atoms with Gasteiger partial charge in [-0.1, -0.05) is 111 Å². The first-order chi connectivity index (χ1) is 20.3. The summed E-state index contributed by atoms with van der Waals surface area (Å²) in [5, 5.41) is 7.00. The quantitative estimate of drug-likeness (QED) is 0.212. The van der Waals surface area contributed by atoms with E-state index in [0.29, 0.717) is 0 Å². The molecule has 5 aromatic rings. The van der Waals surface area contributed by atoms with E-state index in [1.54, 1.807) is 0 Å². The molecule has 5 rings (SSSR count). The van der Waals surface area contributed by atoms with Crippen LogP contribution in [0, 0.1) is 27.7 Å². The summed E-state index contributed by atoms with van der Waals surface area (Å²) >= 11 is 0. The number of carbonyl (C=O) groups is 2. The average molecular weight is 557 g/mol. The Bertz CT molecular complexity index is 1550. The Kier molecular flexibility index (Phi) is 11.3. The SMILES string of the molecule is CC.CO.Cc1ccccc1C(=O)c1cc(-c2ccc(-c3ccc(C)c(C(=O)c4ccccc4C)c3)cc2)ccc1C. The Labute approximate surface area is 250 Å². The lowest BCUT2D eigenvalue weighted by atomic mass is 9.91. The van der Waals surface area contributed by atoms with Crippen LogP contribution in [0.5, 0.6) is 0 Å². The van der Waals surface area contributed by atoms with E-state index in [1.807, 2.05) is 114 Å². The van der Waals surface area contributed by atoms with Gasteiger partial charge in [0, 0.05) is 29.4 Å². The second kappa shape index (κ2) is 14.9. The third-order valence-corrected chi connectivity index (χ3v) is 7.30. The van der Waals surface area contributed by atoms with Crippen molar-refractivity contribution in [2.75, 3.05) is 7.11 Å². The number of aliphatic hydroxyl groups excluding tert-OH is 1. The van der Waals surface area contributed by atoms with Gasteiger partial charge in [-0.05, 0) is 84.3 Å². The maximum Gasteiger partial charge on any atom is 0.193 e. The van der Waals surface area contributed by atoms with Gasteiger partial charge in [0.15, 0.2) is 11.6 Å². The fourth-order valence-electron chi connectivity index (χ4n) is 4.89. The van der Waals surface area contributed by atoms with E-state index < -0.39 is 0 Å². The van der Waals surface area contributed by atoms with Crippen LogP contribution in [0.1, 0.15) is 67.9 Å². The molecule has 0 saturated carbocycles. The van der Waals surface area contributed by atoms with Gasteiger partial charge in [-0.25, -0.2) is 0 Å². The van der Waals surface area contributed by atoms with Crippen molar-refractivity contribution in [1.29, 1.82) is 0 Å². The van der Waals surface area contributed by atoms with Crippen LogP contribution < -0.4 is 0 Å². The molecule has 3 heteroatoms. The van der Waals surface area contributed by atoms with E-state index in [-0.39, 0.29) is 11.6 Å². The summed E-state index contributed by atoms with van der Waals surface area (Å²) in [6.45, 7) is 11.9. The molecule has 0 bridgehead atoms. The standard InChI is InChI=1S/C36H30O2.C2H6.CH4O/c1-23-9-5-7-11-31(23)35(37)33-21-29(15-13-25(33)3)27-17-19-28(20-18-27)30-16-14-26(4)34(22-30)36(38)32-12-8-6-10-24(32)2;2*1-2/h5-22H,1-4H3;1-2H3;2H,1H3. The normalized spacial score (nSPS) is 10.1. The second-order valence-corrected chi connectivity index (χ2v) is 9.92. The van der Waals surface area contributed by atoms with Crippen molar-refractivity contribution in [1.82, 2.24) is 0 Å². The molecule has 0 aliphatic heterocycles. The molecule has 42 heavy (non-hydrogen) atoms. The summed E-state index contributed by atoms with van der Waals surface area (Å²) in [5.41, 5.74) is 10.9. The summed E-state index contributed by atoms with van der Waals surface area (Å²) in [6.07, 6.45) is 0. The van der Waals surface area contributed by atoms with Crippen LogP contribution in [-0.4, -0.2) is 23.8 Å². The predicted molar refractivity (Wildman–Crippen MR) is 176 cm³/mol. The van der Waals surface area contributed by atoms with Crippen molar-refractivity contribution in [2.24, 2.45) is 0 Å². The van der Waals surface area contributed by atoms with Crippen molar-refractivity contribution >= 4 is 11.6 Å². The maximum absolute atomic E-state index is 13.3. The van der Waals surface area contributed by atoms with Crippen LogP contribution in [0.15, 0.2) is 109 Å². The number of rotatable bonds is 6. The monoisotopic (exact) mass is 556 g/mol. The van der Waals surface area contributed by atoms with Crippen molar-refractivity contribution in [3.05, 3.63) is 154 Å². The number of benzene rings is 5. The van der Waals surface area contributed by atoms with Gasteiger partial charge < -0.3 is 5.11 Å². The highest BCUT2D eigenvalue weighted by Crippen LogP contribution is 2.29. The van der Waals surface area contributed by atoms with Gasteiger partial charge >= 0.3 is 0 Å². The molecule has 0 fully saturated rings. The molecule has 0 aromatic heterocycles. The third kappa shape index (κ3) is 6.99. The molecule has 0 atom stereocenters. The van der Waals surface area contributed by atoms with Crippen molar-refractivity contribution in [2.45, 2.75) is 41.5 Å². The zero-order valence-corrected chi connectivity index (χ0v) is 25.7. The fraction of sp³-hybridized carbons (Fsp3) is 0.179. The number of ketones is 2. The molecule has 0 radical (unpaired) electrons. The molecule has 0 aliphatic carbocycles. The van der Waals surface area contributed by atoms with Gasteiger partial charge in [-0.15, -0.1) is 0 Å². The number of aliphatic hydroxyl groups is 1. The van der Waals surface area contributed by atoms with Gasteiger partial charge in [0.1, 0.15) is 0 Å². The number of aryl methyl sites for hydroxylation is 4. The van der Waals surface area contributed by atoms with Gasteiger partial charge in [0.05, 0.1) is 0 Å². The van der Waals surface area contributed by atoms with E-state index in [1.165, 1.54) is 0 Å². The average Bonchev–Trinajstić information content (AvgIpc) is 3.03. The zero-order valence-electron chi connectivity index (χ0n) is 25.7. The van der Waals surface area contributed by atoms with Gasteiger partial charge in [0.25, 0.3) is 0 Å². The Morgan fingerprint density at radius 3 is 1.02 bits per heavy atom. The minimum Gasteiger partial charge on any atom is -0.400 e. The van der Waals surface area contributed by atoms with Crippen LogP contribution in [0.3, 0.4) is 0 Å². The van der Waals surface area contributed by atoms with E-state index in [9.17, 15) is 9.59 Å². The molecule has 3 nitrogen and oxygen atoms in total. The molecule has 214 valence electrons. The largest absolute Gasteiger partial charge is 0.400 e. The molecule has 0 saturated heterocycles. The summed E-state index contributed by atoms with van der Waals surface area (Å²) in [4.78, 5) is 26.6. The maximum atomic E-state index is 13.3. The first-order valence-electron chi connectivity index (χ1n) is 14.3. The third-order valence-electron chi connectivity index (χ3n) is 7.30. The first kappa shape index (κ1) is 31.9. The second-order valence-electron chi connectivity index (χ2n) is 9.92. The first-order valence-corrected chi connectivity index (χ1v) is 14.3. The smallest absolute Gasteiger partial charge is 0.193 e. The lowest BCUT2D eigenvalue weighted by Crippen LogP contribution is -2.06. The van der Waals surface area contributed by atoms with E-state index in [0.717, 1.165) is 73.9 Å². The van der Waals surface area contributed by atoms with E-state index >= 15 is 0 Å². The number of hydrogen-bond acceptors (Lipinski definition) is 3. The Morgan fingerprint density at radius 2 is 0.690 bits per heavy atom. The van der Waals surface area contributed by atoms with Crippen molar-refractivity contribution < 1.29 is 14.7 Å². The summed E-state index contributed by atoms with van der Waals surface area (Å²) in [6, 6.07) is 35.8. The molecule has 5 aromatic carbocycles. The summed E-state index contributed by atoms with van der Waals surface area (Å²) in [7, 11) is 1.00.